The molecule has 0 spiro atoms. The maximum Gasteiger partial charge on any atom is 0.305 e. The highest BCUT2D eigenvalue weighted by atomic mass is 16.5. The summed E-state index contributed by atoms with van der Waals surface area (Å²) in [4.78, 5) is 25.5. The SMILES string of the molecule is Cn1nc(C(=O)N(CCC(=O)O)CC2CCCO2)c2ccccc21. The lowest BCUT2D eigenvalue weighted by atomic mass is 10.1. The third-order valence-corrected chi connectivity index (χ3v) is 4.29. The molecule has 1 unspecified atom stereocenters. The summed E-state index contributed by atoms with van der Waals surface area (Å²) in [6.45, 7) is 1.24. The van der Waals surface area contributed by atoms with Gasteiger partial charge in [0, 0.05) is 32.1 Å². The number of carbonyl (C=O) groups excluding carboxylic acids is 1. The fourth-order valence-corrected chi connectivity index (χ4v) is 3.06. The van der Waals surface area contributed by atoms with Crippen molar-refractivity contribution < 1.29 is 19.4 Å². The zero-order valence-corrected chi connectivity index (χ0v) is 13.6. The Labute approximate surface area is 139 Å². The second-order valence-corrected chi connectivity index (χ2v) is 6.02. The van der Waals surface area contributed by atoms with Gasteiger partial charge in [-0.15, -0.1) is 0 Å². The zero-order valence-electron chi connectivity index (χ0n) is 13.6. The second-order valence-electron chi connectivity index (χ2n) is 6.02. The average Bonchev–Trinajstić information content (AvgIpc) is 3.19. The fraction of sp³-hybridized carbons (Fsp3) is 0.471. The van der Waals surface area contributed by atoms with E-state index >= 15 is 0 Å². The summed E-state index contributed by atoms with van der Waals surface area (Å²) in [6.07, 6.45) is 1.74. The average molecular weight is 331 g/mol. The molecule has 1 saturated heterocycles. The van der Waals surface area contributed by atoms with Crippen LogP contribution in [0.25, 0.3) is 10.9 Å². The number of carbonyl (C=O) groups is 2. The van der Waals surface area contributed by atoms with Gasteiger partial charge in [-0.25, -0.2) is 0 Å². The molecule has 1 atom stereocenters. The lowest BCUT2D eigenvalue weighted by Gasteiger charge is -2.24. The number of hydrogen-bond acceptors (Lipinski definition) is 4. The number of hydrogen-bond donors (Lipinski definition) is 1. The summed E-state index contributed by atoms with van der Waals surface area (Å²) in [5.41, 5.74) is 1.23. The second kappa shape index (κ2) is 7.00. The van der Waals surface area contributed by atoms with Crippen LogP contribution in [0, 0.1) is 0 Å². The number of nitrogens with zero attached hydrogens (tertiary/aromatic N) is 3. The Hall–Kier alpha value is -2.41. The van der Waals surface area contributed by atoms with E-state index < -0.39 is 5.97 Å². The van der Waals surface area contributed by atoms with Crippen LogP contribution in [0.1, 0.15) is 29.8 Å². The smallest absolute Gasteiger partial charge is 0.305 e. The fourth-order valence-electron chi connectivity index (χ4n) is 3.06. The standard InChI is InChI=1S/C17H21N3O4/c1-19-14-7-3-2-6-13(14)16(18-19)17(23)20(9-8-15(21)22)11-12-5-4-10-24-12/h2-3,6-7,12H,4-5,8-11H2,1H3,(H,21,22). The van der Waals surface area contributed by atoms with Crippen molar-refractivity contribution in [3.8, 4) is 0 Å². The van der Waals surface area contributed by atoms with Crippen LogP contribution in [0.5, 0.6) is 0 Å². The molecular formula is C17H21N3O4. The van der Waals surface area contributed by atoms with Gasteiger partial charge in [0.25, 0.3) is 5.91 Å². The minimum atomic E-state index is -0.925. The maximum absolute atomic E-state index is 13.0. The molecule has 3 rings (SSSR count). The van der Waals surface area contributed by atoms with Gasteiger partial charge in [0.2, 0.25) is 0 Å². The molecule has 24 heavy (non-hydrogen) atoms. The summed E-state index contributed by atoms with van der Waals surface area (Å²) in [6, 6.07) is 7.52. The highest BCUT2D eigenvalue weighted by Crippen LogP contribution is 2.21. The number of amides is 1. The molecule has 2 aromatic rings. The van der Waals surface area contributed by atoms with Gasteiger partial charge in [-0.3, -0.25) is 14.3 Å². The molecule has 1 aliphatic heterocycles. The van der Waals surface area contributed by atoms with Gasteiger partial charge < -0.3 is 14.7 Å². The summed E-state index contributed by atoms with van der Waals surface area (Å²) >= 11 is 0. The summed E-state index contributed by atoms with van der Waals surface area (Å²) in [5.74, 6) is -1.17. The Morgan fingerprint density at radius 2 is 2.21 bits per heavy atom. The number of ether oxygens (including phenoxy) is 1. The number of fused-ring (bicyclic) bond motifs is 1. The number of carboxylic acid groups (broad SMARTS) is 1. The number of aryl methyl sites for hydroxylation is 1. The van der Waals surface area contributed by atoms with Gasteiger partial charge in [-0.1, -0.05) is 18.2 Å². The molecule has 0 saturated carbocycles. The lowest BCUT2D eigenvalue weighted by Crippen LogP contribution is -2.39. The molecule has 0 aliphatic carbocycles. The molecular weight excluding hydrogens is 310 g/mol. The molecule has 7 nitrogen and oxygen atoms in total. The normalized spacial score (nSPS) is 17.3. The van der Waals surface area contributed by atoms with Gasteiger partial charge in [-0.05, 0) is 18.9 Å². The van der Waals surface area contributed by atoms with Crippen molar-refractivity contribution in [1.29, 1.82) is 0 Å². The molecule has 1 aromatic heterocycles. The minimum Gasteiger partial charge on any atom is -0.481 e. The van der Waals surface area contributed by atoms with E-state index in [1.54, 1.807) is 16.6 Å². The maximum atomic E-state index is 13.0. The highest BCUT2D eigenvalue weighted by molar-refractivity contribution is 6.04. The van der Waals surface area contributed by atoms with E-state index in [2.05, 4.69) is 5.10 Å². The van der Waals surface area contributed by atoms with E-state index in [1.165, 1.54) is 0 Å². The molecule has 0 bridgehead atoms. The zero-order chi connectivity index (χ0) is 17.1. The van der Waals surface area contributed by atoms with Crippen molar-refractivity contribution in [2.75, 3.05) is 19.7 Å². The van der Waals surface area contributed by atoms with Gasteiger partial charge in [0.1, 0.15) is 0 Å². The summed E-state index contributed by atoms with van der Waals surface area (Å²) in [7, 11) is 1.79. The molecule has 1 fully saturated rings. The molecule has 7 heteroatoms. The Balaban J connectivity index is 1.86. The number of para-hydroxylation sites is 1. The van der Waals surface area contributed by atoms with Crippen LogP contribution in [0.15, 0.2) is 24.3 Å². The van der Waals surface area contributed by atoms with Crippen LogP contribution < -0.4 is 0 Å². The first-order chi connectivity index (χ1) is 11.6. The van der Waals surface area contributed by atoms with Gasteiger partial charge >= 0.3 is 5.97 Å². The first-order valence-electron chi connectivity index (χ1n) is 8.10. The number of rotatable bonds is 6. The number of aromatic nitrogens is 2. The van der Waals surface area contributed by atoms with Gasteiger partial charge in [0.15, 0.2) is 5.69 Å². The van der Waals surface area contributed by atoms with Crippen LogP contribution >= 0.6 is 0 Å². The van der Waals surface area contributed by atoms with Crippen LogP contribution in [0.4, 0.5) is 0 Å². The van der Waals surface area contributed by atoms with E-state index in [1.807, 2.05) is 24.3 Å². The molecule has 2 heterocycles. The van der Waals surface area contributed by atoms with Crippen molar-refractivity contribution >= 4 is 22.8 Å². The quantitative estimate of drug-likeness (QED) is 0.870. The highest BCUT2D eigenvalue weighted by Gasteiger charge is 2.26. The Morgan fingerprint density at radius 1 is 1.42 bits per heavy atom. The van der Waals surface area contributed by atoms with Crippen LogP contribution in [0.2, 0.25) is 0 Å². The van der Waals surface area contributed by atoms with Gasteiger partial charge in [-0.2, -0.15) is 5.10 Å². The molecule has 128 valence electrons. The number of aliphatic carboxylic acids is 1. The molecule has 1 aromatic carbocycles. The van der Waals surface area contributed by atoms with Crippen molar-refractivity contribution in [2.45, 2.75) is 25.4 Å². The van der Waals surface area contributed by atoms with E-state index in [0.29, 0.717) is 18.8 Å². The molecule has 1 aliphatic rings. The summed E-state index contributed by atoms with van der Waals surface area (Å²) < 4.78 is 7.27. The van der Waals surface area contributed by atoms with E-state index in [4.69, 9.17) is 9.84 Å². The third kappa shape index (κ3) is 3.41. The van der Waals surface area contributed by atoms with Gasteiger partial charge in [0.05, 0.1) is 18.0 Å². The Bertz CT molecular complexity index is 749. The molecule has 0 radical (unpaired) electrons. The molecule has 1 amide bonds. The Kier molecular flexibility index (Phi) is 4.80. The number of carboxylic acids is 1. The largest absolute Gasteiger partial charge is 0.481 e. The lowest BCUT2D eigenvalue weighted by molar-refractivity contribution is -0.137. The first-order valence-corrected chi connectivity index (χ1v) is 8.10. The minimum absolute atomic E-state index is 0.0299. The van der Waals surface area contributed by atoms with E-state index in [9.17, 15) is 9.59 Å². The topological polar surface area (TPSA) is 84.7 Å². The predicted molar refractivity (Wildman–Crippen MR) is 87.8 cm³/mol. The van der Waals surface area contributed by atoms with E-state index in [0.717, 1.165) is 23.7 Å². The number of benzene rings is 1. The van der Waals surface area contributed by atoms with Crippen molar-refractivity contribution in [3.05, 3.63) is 30.0 Å². The van der Waals surface area contributed by atoms with E-state index in [-0.39, 0.29) is 25.0 Å². The summed E-state index contributed by atoms with van der Waals surface area (Å²) in [5, 5.41) is 14.1. The molecule has 1 N–H and O–H groups in total. The van der Waals surface area contributed by atoms with Crippen molar-refractivity contribution in [1.82, 2.24) is 14.7 Å². The van der Waals surface area contributed by atoms with Crippen LogP contribution in [-0.4, -0.2) is 57.5 Å². The third-order valence-electron chi connectivity index (χ3n) is 4.29. The first kappa shape index (κ1) is 16.4. The Morgan fingerprint density at radius 3 is 2.92 bits per heavy atom. The van der Waals surface area contributed by atoms with Crippen LogP contribution in [0.3, 0.4) is 0 Å². The van der Waals surface area contributed by atoms with Crippen molar-refractivity contribution in [2.24, 2.45) is 7.05 Å². The predicted octanol–water partition coefficient (Wildman–Crippen LogP) is 1.67. The monoisotopic (exact) mass is 331 g/mol. The van der Waals surface area contributed by atoms with Crippen molar-refractivity contribution in [3.63, 3.8) is 0 Å². The van der Waals surface area contributed by atoms with Crippen LogP contribution in [-0.2, 0) is 16.6 Å².